The molecule has 5 nitrogen and oxygen atoms in total. The van der Waals surface area contributed by atoms with Gasteiger partial charge in [-0.2, -0.15) is 0 Å². The number of para-hydroxylation sites is 1. The van der Waals surface area contributed by atoms with Gasteiger partial charge in [-0.25, -0.2) is 4.39 Å². The van der Waals surface area contributed by atoms with Gasteiger partial charge in [0.15, 0.2) is 0 Å². The van der Waals surface area contributed by atoms with Crippen molar-refractivity contribution in [1.29, 1.82) is 0 Å². The number of amides is 2. The first-order chi connectivity index (χ1) is 12.0. The molecule has 1 N–H and O–H groups in total. The van der Waals surface area contributed by atoms with Crippen LogP contribution in [0.3, 0.4) is 0 Å². The van der Waals surface area contributed by atoms with Crippen molar-refractivity contribution < 1.29 is 14.0 Å². The number of benzene rings is 1. The number of nitrogens with one attached hydrogen (secondary N) is 1. The third-order valence-corrected chi connectivity index (χ3v) is 5.32. The van der Waals surface area contributed by atoms with E-state index in [-0.39, 0.29) is 29.7 Å². The van der Waals surface area contributed by atoms with Crippen molar-refractivity contribution in [3.05, 3.63) is 30.1 Å². The standard InChI is InChI=1S/C19H26FN3O2/c1-3-18(24)22-10-8-15(13(2)12-22)21-16-9-11-23(19(16)25)17-7-5-4-6-14(17)20/h4-7,13,15-16,21H,3,8-12H2,1-2H3/t13-,15+,16+/m1/s1. The Bertz CT molecular complexity index is 651. The van der Waals surface area contributed by atoms with Gasteiger partial charge in [-0.05, 0) is 30.9 Å². The first-order valence-electron chi connectivity index (χ1n) is 9.11. The molecule has 6 heteroatoms. The Labute approximate surface area is 148 Å². The average Bonchev–Trinajstić information content (AvgIpc) is 2.97. The van der Waals surface area contributed by atoms with Crippen molar-refractivity contribution >= 4 is 17.5 Å². The minimum absolute atomic E-state index is 0.0654. The van der Waals surface area contributed by atoms with Crippen molar-refractivity contribution in [3.63, 3.8) is 0 Å². The molecule has 2 heterocycles. The van der Waals surface area contributed by atoms with Crippen LogP contribution in [0, 0.1) is 11.7 Å². The molecule has 0 aliphatic carbocycles. The Morgan fingerprint density at radius 1 is 1.28 bits per heavy atom. The smallest absolute Gasteiger partial charge is 0.244 e. The SMILES string of the molecule is CCC(=O)N1CC[C@H](N[C@H]2CCN(c3ccccc3F)C2=O)[C@H](C)C1. The van der Waals surface area contributed by atoms with E-state index in [1.807, 2.05) is 11.8 Å². The average molecular weight is 347 g/mol. The monoisotopic (exact) mass is 347 g/mol. The quantitative estimate of drug-likeness (QED) is 0.908. The van der Waals surface area contributed by atoms with Crippen LogP contribution in [0.5, 0.6) is 0 Å². The molecule has 25 heavy (non-hydrogen) atoms. The van der Waals surface area contributed by atoms with E-state index in [4.69, 9.17) is 0 Å². The molecule has 0 radical (unpaired) electrons. The summed E-state index contributed by atoms with van der Waals surface area (Å²) in [5.41, 5.74) is 0.355. The lowest BCUT2D eigenvalue weighted by atomic mass is 9.92. The van der Waals surface area contributed by atoms with Crippen molar-refractivity contribution in [2.75, 3.05) is 24.5 Å². The van der Waals surface area contributed by atoms with Gasteiger partial charge in [0.2, 0.25) is 11.8 Å². The second-order valence-electron chi connectivity index (χ2n) is 7.01. The maximum Gasteiger partial charge on any atom is 0.244 e. The number of halogens is 1. The molecule has 2 aliphatic heterocycles. The third-order valence-electron chi connectivity index (χ3n) is 5.32. The topological polar surface area (TPSA) is 52.7 Å². The Kier molecular flexibility index (Phi) is 5.37. The van der Waals surface area contributed by atoms with E-state index in [1.165, 1.54) is 11.0 Å². The molecule has 1 aromatic rings. The van der Waals surface area contributed by atoms with E-state index < -0.39 is 0 Å². The molecule has 2 fully saturated rings. The summed E-state index contributed by atoms with van der Waals surface area (Å²) in [6.07, 6.45) is 2.05. The van der Waals surface area contributed by atoms with E-state index >= 15 is 0 Å². The molecule has 0 bridgehead atoms. The van der Waals surface area contributed by atoms with Crippen molar-refractivity contribution in [2.45, 2.75) is 45.2 Å². The van der Waals surface area contributed by atoms with Gasteiger partial charge >= 0.3 is 0 Å². The minimum atomic E-state index is -0.365. The molecule has 3 rings (SSSR count). The van der Waals surface area contributed by atoms with Gasteiger partial charge in [0.25, 0.3) is 0 Å². The van der Waals surface area contributed by atoms with E-state index in [0.717, 1.165) is 19.5 Å². The van der Waals surface area contributed by atoms with Gasteiger partial charge in [0.1, 0.15) is 5.82 Å². The van der Waals surface area contributed by atoms with Crippen LogP contribution in [-0.2, 0) is 9.59 Å². The number of carbonyl (C=O) groups excluding carboxylic acids is 2. The number of rotatable bonds is 4. The Balaban J connectivity index is 1.60. The molecular formula is C19H26FN3O2. The summed E-state index contributed by atoms with van der Waals surface area (Å²) in [5.74, 6) is 0.0492. The highest BCUT2D eigenvalue weighted by Gasteiger charge is 2.37. The predicted molar refractivity (Wildman–Crippen MR) is 94.7 cm³/mol. The zero-order chi connectivity index (χ0) is 18.0. The number of likely N-dealkylation sites (tertiary alicyclic amines) is 1. The summed E-state index contributed by atoms with van der Waals surface area (Å²) in [4.78, 5) is 28.0. The summed E-state index contributed by atoms with van der Waals surface area (Å²) in [7, 11) is 0. The number of hydrogen-bond acceptors (Lipinski definition) is 3. The molecule has 0 aromatic heterocycles. The molecule has 0 saturated carbocycles. The fourth-order valence-corrected chi connectivity index (χ4v) is 3.85. The molecule has 136 valence electrons. The summed E-state index contributed by atoms with van der Waals surface area (Å²) < 4.78 is 14.0. The van der Waals surface area contributed by atoms with E-state index in [2.05, 4.69) is 12.2 Å². The first-order valence-corrected chi connectivity index (χ1v) is 9.11. The van der Waals surface area contributed by atoms with Gasteiger partial charge in [-0.15, -0.1) is 0 Å². The Morgan fingerprint density at radius 3 is 2.72 bits per heavy atom. The lowest BCUT2D eigenvalue weighted by molar-refractivity contribution is -0.133. The fourth-order valence-electron chi connectivity index (χ4n) is 3.85. The van der Waals surface area contributed by atoms with Crippen LogP contribution in [0.2, 0.25) is 0 Å². The molecule has 0 spiro atoms. The maximum atomic E-state index is 14.0. The van der Waals surface area contributed by atoms with Crippen LogP contribution >= 0.6 is 0 Å². The van der Waals surface area contributed by atoms with E-state index in [1.54, 1.807) is 18.2 Å². The molecule has 2 aliphatic rings. The molecule has 1 aromatic carbocycles. The summed E-state index contributed by atoms with van der Waals surface area (Å²) >= 11 is 0. The molecule has 3 atom stereocenters. The molecular weight excluding hydrogens is 321 g/mol. The Morgan fingerprint density at radius 2 is 2.04 bits per heavy atom. The second kappa shape index (κ2) is 7.52. The van der Waals surface area contributed by atoms with Crippen LogP contribution in [0.25, 0.3) is 0 Å². The van der Waals surface area contributed by atoms with Crippen LogP contribution in [0.4, 0.5) is 10.1 Å². The predicted octanol–water partition coefficient (Wildman–Crippen LogP) is 2.17. The van der Waals surface area contributed by atoms with Gasteiger partial charge < -0.3 is 15.1 Å². The highest BCUT2D eigenvalue weighted by molar-refractivity contribution is 5.99. The lowest BCUT2D eigenvalue weighted by Crippen LogP contribution is -2.53. The van der Waals surface area contributed by atoms with Crippen LogP contribution < -0.4 is 10.2 Å². The van der Waals surface area contributed by atoms with Crippen LogP contribution in [0.1, 0.15) is 33.1 Å². The van der Waals surface area contributed by atoms with Gasteiger partial charge in [-0.1, -0.05) is 26.0 Å². The van der Waals surface area contributed by atoms with Gasteiger partial charge in [0.05, 0.1) is 11.7 Å². The van der Waals surface area contributed by atoms with Crippen molar-refractivity contribution in [1.82, 2.24) is 10.2 Å². The van der Waals surface area contributed by atoms with Gasteiger partial charge in [0, 0.05) is 32.1 Å². The third kappa shape index (κ3) is 3.68. The molecule has 2 saturated heterocycles. The molecule has 0 unspecified atom stereocenters. The van der Waals surface area contributed by atoms with Crippen LogP contribution in [-0.4, -0.2) is 48.4 Å². The highest BCUT2D eigenvalue weighted by atomic mass is 19.1. The van der Waals surface area contributed by atoms with E-state index in [9.17, 15) is 14.0 Å². The number of nitrogens with zero attached hydrogens (tertiary/aromatic N) is 2. The normalized spacial score (nSPS) is 27.0. The molecule has 2 amide bonds. The van der Waals surface area contributed by atoms with Gasteiger partial charge in [-0.3, -0.25) is 9.59 Å². The van der Waals surface area contributed by atoms with Crippen LogP contribution in [0.15, 0.2) is 24.3 Å². The summed E-state index contributed by atoms with van der Waals surface area (Å²) in [5, 5.41) is 3.46. The largest absolute Gasteiger partial charge is 0.342 e. The first kappa shape index (κ1) is 17.9. The zero-order valence-electron chi connectivity index (χ0n) is 14.9. The Hall–Kier alpha value is -1.95. The number of hydrogen-bond donors (Lipinski definition) is 1. The van der Waals surface area contributed by atoms with Crippen molar-refractivity contribution in [2.24, 2.45) is 5.92 Å². The summed E-state index contributed by atoms with van der Waals surface area (Å²) in [6, 6.07) is 6.33. The second-order valence-corrected chi connectivity index (χ2v) is 7.01. The highest BCUT2D eigenvalue weighted by Crippen LogP contribution is 2.26. The van der Waals surface area contributed by atoms with Crippen molar-refractivity contribution in [3.8, 4) is 0 Å². The maximum absolute atomic E-state index is 14.0. The fraction of sp³-hybridized carbons (Fsp3) is 0.579. The zero-order valence-corrected chi connectivity index (χ0v) is 14.9. The lowest BCUT2D eigenvalue weighted by Gasteiger charge is -2.38. The number of carbonyl (C=O) groups is 2. The number of piperidine rings is 1. The number of anilines is 1. The minimum Gasteiger partial charge on any atom is -0.342 e. The summed E-state index contributed by atoms with van der Waals surface area (Å²) in [6.45, 7) is 5.97. The van der Waals surface area contributed by atoms with E-state index in [0.29, 0.717) is 31.0 Å².